The van der Waals surface area contributed by atoms with Crippen LogP contribution in [0.25, 0.3) is 10.9 Å². The quantitative estimate of drug-likeness (QED) is 0.699. The van der Waals surface area contributed by atoms with E-state index in [1.807, 2.05) is 53.0 Å². The van der Waals surface area contributed by atoms with Crippen molar-refractivity contribution in [1.82, 2.24) is 19.4 Å². The van der Waals surface area contributed by atoms with Crippen LogP contribution in [0.1, 0.15) is 35.9 Å². The van der Waals surface area contributed by atoms with Crippen LogP contribution in [-0.2, 0) is 13.6 Å². The van der Waals surface area contributed by atoms with Gasteiger partial charge in [0.2, 0.25) is 0 Å². The van der Waals surface area contributed by atoms with Gasteiger partial charge in [-0.1, -0.05) is 31.5 Å². The third-order valence-electron chi connectivity index (χ3n) is 4.20. The summed E-state index contributed by atoms with van der Waals surface area (Å²) in [6, 6.07) is 9.57. The highest BCUT2D eigenvalue weighted by Crippen LogP contribution is 2.19. The fourth-order valence-electron chi connectivity index (χ4n) is 2.77. The minimum absolute atomic E-state index is 0.0325. The number of benzene rings is 1. The van der Waals surface area contributed by atoms with E-state index < -0.39 is 0 Å². The molecule has 24 heavy (non-hydrogen) atoms. The molecule has 0 unspecified atom stereocenters. The lowest BCUT2D eigenvalue weighted by Crippen LogP contribution is -2.32. The number of para-hydroxylation sites is 1. The summed E-state index contributed by atoms with van der Waals surface area (Å²) in [6.07, 6.45) is 7.38. The molecule has 0 aliphatic heterocycles. The number of hydrogen-bond acceptors (Lipinski definition) is 3. The number of aryl methyl sites for hydroxylation is 1. The number of carbonyl (C=O) groups excluding carboxylic acids is 1. The van der Waals surface area contributed by atoms with Crippen LogP contribution in [-0.4, -0.2) is 31.9 Å². The van der Waals surface area contributed by atoms with Crippen LogP contribution in [0.5, 0.6) is 0 Å². The highest BCUT2D eigenvalue weighted by atomic mass is 16.2. The molecule has 5 heteroatoms. The molecule has 2 heterocycles. The Bertz CT molecular complexity index is 835. The molecule has 0 atom stereocenters. The van der Waals surface area contributed by atoms with Gasteiger partial charge < -0.3 is 9.47 Å². The third-order valence-corrected chi connectivity index (χ3v) is 4.20. The first-order valence-electron chi connectivity index (χ1n) is 8.30. The van der Waals surface area contributed by atoms with Gasteiger partial charge in [-0.3, -0.25) is 9.78 Å². The van der Waals surface area contributed by atoms with Gasteiger partial charge in [-0.2, -0.15) is 0 Å². The minimum atomic E-state index is 0.0325. The smallest absolute Gasteiger partial charge is 0.255 e. The van der Waals surface area contributed by atoms with Gasteiger partial charge in [-0.25, -0.2) is 4.98 Å². The first-order chi connectivity index (χ1) is 11.7. The van der Waals surface area contributed by atoms with Gasteiger partial charge in [0.05, 0.1) is 17.6 Å². The third kappa shape index (κ3) is 3.30. The van der Waals surface area contributed by atoms with E-state index >= 15 is 0 Å². The zero-order valence-electron chi connectivity index (χ0n) is 14.1. The van der Waals surface area contributed by atoms with E-state index in [0.29, 0.717) is 12.1 Å². The van der Waals surface area contributed by atoms with E-state index in [2.05, 4.69) is 16.9 Å². The van der Waals surface area contributed by atoms with Crippen molar-refractivity contribution < 1.29 is 4.79 Å². The topological polar surface area (TPSA) is 51.0 Å². The summed E-state index contributed by atoms with van der Waals surface area (Å²) in [5.74, 6) is 0.919. The number of nitrogens with zero attached hydrogens (tertiary/aromatic N) is 4. The predicted octanol–water partition coefficient (Wildman–Crippen LogP) is 3.41. The number of carbonyl (C=O) groups is 1. The Kier molecular flexibility index (Phi) is 4.89. The lowest BCUT2D eigenvalue weighted by molar-refractivity contribution is 0.0737. The molecule has 2 aromatic heterocycles. The Morgan fingerprint density at radius 3 is 2.75 bits per heavy atom. The molecule has 0 aliphatic carbocycles. The van der Waals surface area contributed by atoms with Crippen molar-refractivity contribution in [3.05, 3.63) is 60.3 Å². The second-order valence-electron chi connectivity index (χ2n) is 5.91. The largest absolute Gasteiger partial charge is 0.337 e. The average Bonchev–Trinajstić information content (AvgIpc) is 3.02. The highest BCUT2D eigenvalue weighted by molar-refractivity contribution is 6.05. The van der Waals surface area contributed by atoms with E-state index in [-0.39, 0.29) is 5.91 Å². The zero-order valence-corrected chi connectivity index (χ0v) is 14.1. The summed E-state index contributed by atoms with van der Waals surface area (Å²) in [6.45, 7) is 3.36. The fourth-order valence-corrected chi connectivity index (χ4v) is 2.77. The molecule has 5 nitrogen and oxygen atoms in total. The molecule has 0 fully saturated rings. The minimum Gasteiger partial charge on any atom is -0.337 e. The molecule has 0 aliphatic rings. The molecular formula is C19H22N4O. The molecule has 0 saturated carbocycles. The maximum atomic E-state index is 13.2. The van der Waals surface area contributed by atoms with Crippen LogP contribution in [0.15, 0.2) is 48.9 Å². The number of unbranched alkanes of at least 4 members (excludes halogenated alkanes) is 1. The molecule has 1 amide bonds. The van der Waals surface area contributed by atoms with Gasteiger partial charge in [-0.15, -0.1) is 0 Å². The van der Waals surface area contributed by atoms with E-state index in [1.165, 1.54) is 0 Å². The van der Waals surface area contributed by atoms with Crippen molar-refractivity contribution in [3.63, 3.8) is 0 Å². The molecule has 3 aromatic rings. The summed E-state index contributed by atoms with van der Waals surface area (Å²) in [7, 11) is 1.95. The number of amides is 1. The maximum absolute atomic E-state index is 13.2. The van der Waals surface area contributed by atoms with Crippen molar-refractivity contribution in [1.29, 1.82) is 0 Å². The van der Waals surface area contributed by atoms with Gasteiger partial charge in [0.15, 0.2) is 0 Å². The number of rotatable bonds is 6. The van der Waals surface area contributed by atoms with Crippen LogP contribution in [0.2, 0.25) is 0 Å². The number of hydrogen-bond donors (Lipinski definition) is 0. The van der Waals surface area contributed by atoms with Crippen molar-refractivity contribution in [2.75, 3.05) is 6.54 Å². The lowest BCUT2D eigenvalue weighted by Gasteiger charge is -2.23. The standard InChI is InChI=1S/C19H22N4O/c1-3-4-12-23(14-18-21-11-13-22(18)2)19(24)16-9-10-20-17-8-6-5-7-15(16)17/h5-11,13H,3-4,12,14H2,1-2H3. The van der Waals surface area contributed by atoms with E-state index in [0.717, 1.165) is 36.1 Å². The second-order valence-corrected chi connectivity index (χ2v) is 5.91. The van der Waals surface area contributed by atoms with Crippen LogP contribution in [0.4, 0.5) is 0 Å². The van der Waals surface area contributed by atoms with Gasteiger partial charge in [0.1, 0.15) is 5.82 Å². The van der Waals surface area contributed by atoms with Crippen molar-refractivity contribution in [2.24, 2.45) is 7.05 Å². The lowest BCUT2D eigenvalue weighted by atomic mass is 10.1. The Morgan fingerprint density at radius 1 is 1.17 bits per heavy atom. The van der Waals surface area contributed by atoms with E-state index in [9.17, 15) is 4.79 Å². The molecular weight excluding hydrogens is 300 g/mol. The molecule has 1 aromatic carbocycles. The van der Waals surface area contributed by atoms with Crippen molar-refractivity contribution in [3.8, 4) is 0 Å². The Hall–Kier alpha value is -2.69. The fraction of sp³-hybridized carbons (Fsp3) is 0.316. The molecule has 124 valence electrons. The highest BCUT2D eigenvalue weighted by Gasteiger charge is 2.19. The first-order valence-corrected chi connectivity index (χ1v) is 8.30. The Labute approximate surface area is 142 Å². The van der Waals surface area contributed by atoms with Crippen LogP contribution in [0.3, 0.4) is 0 Å². The monoisotopic (exact) mass is 322 g/mol. The average molecular weight is 322 g/mol. The van der Waals surface area contributed by atoms with E-state index in [1.54, 1.807) is 12.4 Å². The summed E-state index contributed by atoms with van der Waals surface area (Å²) in [5, 5.41) is 0.895. The van der Waals surface area contributed by atoms with Crippen LogP contribution < -0.4 is 0 Å². The van der Waals surface area contributed by atoms with Gasteiger partial charge >= 0.3 is 0 Å². The molecule has 0 N–H and O–H groups in total. The van der Waals surface area contributed by atoms with Crippen LogP contribution in [0, 0.1) is 0 Å². The molecule has 0 saturated heterocycles. The number of aromatic nitrogens is 3. The normalized spacial score (nSPS) is 10.9. The zero-order chi connectivity index (χ0) is 16.9. The second kappa shape index (κ2) is 7.25. The SMILES string of the molecule is CCCCN(Cc1nccn1C)C(=O)c1ccnc2ccccc12. The number of fused-ring (bicyclic) bond motifs is 1. The van der Waals surface area contributed by atoms with E-state index in [4.69, 9.17) is 0 Å². The van der Waals surface area contributed by atoms with Crippen molar-refractivity contribution in [2.45, 2.75) is 26.3 Å². The molecule has 0 bridgehead atoms. The molecule has 3 rings (SSSR count). The molecule has 0 spiro atoms. The van der Waals surface area contributed by atoms with Crippen molar-refractivity contribution >= 4 is 16.8 Å². The van der Waals surface area contributed by atoms with Gasteiger partial charge in [0.25, 0.3) is 5.91 Å². The Morgan fingerprint density at radius 2 is 2.00 bits per heavy atom. The Balaban J connectivity index is 1.94. The van der Waals surface area contributed by atoms with Gasteiger partial charge in [-0.05, 0) is 18.6 Å². The summed E-state index contributed by atoms with van der Waals surface area (Å²) >= 11 is 0. The summed E-state index contributed by atoms with van der Waals surface area (Å²) in [5.41, 5.74) is 1.54. The maximum Gasteiger partial charge on any atom is 0.255 e. The number of pyridine rings is 1. The van der Waals surface area contributed by atoms with Gasteiger partial charge in [0, 0.05) is 37.6 Å². The number of imidazole rings is 1. The summed E-state index contributed by atoms with van der Waals surface area (Å²) in [4.78, 5) is 23.8. The first kappa shape index (κ1) is 16.2. The van der Waals surface area contributed by atoms with Crippen LogP contribution >= 0.6 is 0 Å². The molecule has 0 radical (unpaired) electrons. The predicted molar refractivity (Wildman–Crippen MR) is 94.6 cm³/mol. The summed E-state index contributed by atoms with van der Waals surface area (Å²) < 4.78 is 1.96.